The van der Waals surface area contributed by atoms with Gasteiger partial charge in [0.1, 0.15) is 5.75 Å². The number of hydrogen-bond acceptors (Lipinski definition) is 7. The van der Waals surface area contributed by atoms with Gasteiger partial charge in [0.2, 0.25) is 5.91 Å². The third-order valence-electron chi connectivity index (χ3n) is 5.86. The van der Waals surface area contributed by atoms with Crippen LogP contribution in [0.25, 0.3) is 0 Å². The lowest BCUT2D eigenvalue weighted by Crippen LogP contribution is -2.40. The fourth-order valence-electron chi connectivity index (χ4n) is 4.29. The first-order chi connectivity index (χ1) is 16.6. The van der Waals surface area contributed by atoms with Gasteiger partial charge in [-0.3, -0.25) is 4.79 Å². The average molecular weight is 510 g/mol. The number of allylic oxidation sites excluding steroid dienone is 1. The van der Waals surface area contributed by atoms with Crippen molar-refractivity contribution in [1.82, 2.24) is 9.80 Å². The fraction of sp³-hybridized carbons (Fsp3) is 0.458. The number of rotatable bonds is 6. The number of methoxy groups -OCH3 is 1. The Hall–Kier alpha value is -2.95. The zero-order valence-electron chi connectivity index (χ0n) is 19.6. The molecule has 3 aliphatic rings. The summed E-state index contributed by atoms with van der Waals surface area (Å²) < 4.78 is 52.9. The number of nitrogens with zero attached hydrogens (tertiary/aromatic N) is 3. The largest absolute Gasteiger partial charge is 0.497 e. The SMILES string of the molecule is COc1ccc(C2C(C(=O)OC(C)C)=C(C(F)(F)F)N=C3SC=C(CC(=O)N4CCCC4)N32)cc1. The number of carbonyl (C=O) groups excluding carboxylic acids is 2. The molecule has 1 aromatic carbocycles. The van der Waals surface area contributed by atoms with E-state index in [9.17, 15) is 22.8 Å². The summed E-state index contributed by atoms with van der Waals surface area (Å²) >= 11 is 1.00. The Bertz CT molecular complexity index is 1090. The zero-order chi connectivity index (χ0) is 25.3. The number of benzene rings is 1. The van der Waals surface area contributed by atoms with Gasteiger partial charge in [-0.05, 0) is 49.8 Å². The van der Waals surface area contributed by atoms with Crippen LogP contribution in [0.2, 0.25) is 0 Å². The number of ether oxygens (including phenoxy) is 2. The number of amidine groups is 1. The van der Waals surface area contributed by atoms with Crippen LogP contribution >= 0.6 is 11.8 Å². The van der Waals surface area contributed by atoms with Crippen LogP contribution in [0.5, 0.6) is 5.75 Å². The predicted octanol–water partition coefficient (Wildman–Crippen LogP) is 4.78. The lowest BCUT2D eigenvalue weighted by atomic mass is 9.93. The summed E-state index contributed by atoms with van der Waals surface area (Å²) in [6, 6.07) is 5.25. The van der Waals surface area contributed by atoms with Crippen molar-refractivity contribution in [2.45, 2.75) is 51.4 Å². The van der Waals surface area contributed by atoms with E-state index >= 15 is 0 Å². The van der Waals surface area contributed by atoms with Gasteiger partial charge in [0.15, 0.2) is 10.9 Å². The molecular weight excluding hydrogens is 483 g/mol. The first kappa shape index (κ1) is 25.2. The number of carbonyl (C=O) groups is 2. The minimum atomic E-state index is -4.89. The molecule has 11 heteroatoms. The Morgan fingerprint density at radius 2 is 1.83 bits per heavy atom. The van der Waals surface area contributed by atoms with Crippen LogP contribution in [0.15, 0.2) is 51.6 Å². The number of esters is 1. The Labute approximate surface area is 205 Å². The normalized spacial score (nSPS) is 20.1. The third kappa shape index (κ3) is 5.19. The standard InChI is InChI=1S/C24H26F3N3O4S/c1-14(2)34-22(32)19-20(15-6-8-17(33-3)9-7-15)30-16(12-18(31)29-10-4-5-11-29)13-35-23(30)28-21(19)24(25,26)27/h6-9,13-14,20H,4-5,10-12H2,1-3H3. The summed E-state index contributed by atoms with van der Waals surface area (Å²) in [5.41, 5.74) is -0.995. The van der Waals surface area contributed by atoms with E-state index in [1.54, 1.807) is 53.3 Å². The average Bonchev–Trinajstić information content (AvgIpc) is 3.47. The minimum absolute atomic E-state index is 0.00741. The number of thioether (sulfide) groups is 1. The van der Waals surface area contributed by atoms with Gasteiger partial charge in [-0.15, -0.1) is 0 Å². The Morgan fingerprint density at radius 1 is 1.17 bits per heavy atom. The van der Waals surface area contributed by atoms with Gasteiger partial charge >= 0.3 is 12.1 Å². The van der Waals surface area contributed by atoms with Gasteiger partial charge in [-0.2, -0.15) is 13.2 Å². The topological polar surface area (TPSA) is 71.4 Å². The molecule has 0 aliphatic carbocycles. The second-order valence-electron chi connectivity index (χ2n) is 8.65. The van der Waals surface area contributed by atoms with Crippen LogP contribution in [-0.2, 0) is 14.3 Å². The van der Waals surface area contributed by atoms with E-state index in [2.05, 4.69) is 4.99 Å². The summed E-state index contributed by atoms with van der Waals surface area (Å²) in [7, 11) is 1.48. The number of halogens is 3. The van der Waals surface area contributed by atoms with E-state index in [0.29, 0.717) is 30.1 Å². The van der Waals surface area contributed by atoms with E-state index in [4.69, 9.17) is 9.47 Å². The third-order valence-corrected chi connectivity index (χ3v) is 6.75. The minimum Gasteiger partial charge on any atom is -0.497 e. The second-order valence-corrected chi connectivity index (χ2v) is 9.48. The van der Waals surface area contributed by atoms with Gasteiger partial charge in [0, 0.05) is 18.8 Å². The van der Waals surface area contributed by atoms with E-state index in [1.165, 1.54) is 7.11 Å². The highest BCUT2D eigenvalue weighted by molar-refractivity contribution is 8.16. The Kier molecular flexibility index (Phi) is 7.16. The molecule has 0 bridgehead atoms. The molecule has 1 unspecified atom stereocenters. The van der Waals surface area contributed by atoms with Crippen molar-refractivity contribution in [1.29, 1.82) is 0 Å². The molecule has 3 heterocycles. The summed E-state index contributed by atoms with van der Waals surface area (Å²) in [6.07, 6.45) is -3.68. The van der Waals surface area contributed by atoms with Gasteiger partial charge in [-0.25, -0.2) is 9.79 Å². The maximum atomic E-state index is 14.2. The summed E-state index contributed by atoms with van der Waals surface area (Å²) in [5, 5.41) is 1.69. The first-order valence-corrected chi connectivity index (χ1v) is 12.2. The summed E-state index contributed by atoms with van der Waals surface area (Å²) in [4.78, 5) is 33.1. The zero-order valence-corrected chi connectivity index (χ0v) is 20.4. The highest BCUT2D eigenvalue weighted by atomic mass is 32.2. The van der Waals surface area contributed by atoms with Crippen LogP contribution in [-0.4, -0.2) is 59.3 Å². The number of fused-ring (bicyclic) bond motifs is 1. The molecule has 188 valence electrons. The molecule has 35 heavy (non-hydrogen) atoms. The summed E-state index contributed by atoms with van der Waals surface area (Å²) in [6.45, 7) is 4.45. The molecular formula is C24H26F3N3O4S. The van der Waals surface area contributed by atoms with E-state index in [0.717, 1.165) is 24.6 Å². The fourth-order valence-corrected chi connectivity index (χ4v) is 5.21. The highest BCUT2D eigenvalue weighted by Crippen LogP contribution is 2.48. The number of hydrogen-bond donors (Lipinski definition) is 0. The smallest absolute Gasteiger partial charge is 0.434 e. The molecule has 7 nitrogen and oxygen atoms in total. The molecule has 0 saturated carbocycles. The molecule has 1 saturated heterocycles. The first-order valence-electron chi connectivity index (χ1n) is 11.3. The number of alkyl halides is 3. The van der Waals surface area contributed by atoms with Crippen molar-refractivity contribution < 1.29 is 32.2 Å². The van der Waals surface area contributed by atoms with Crippen LogP contribution in [0.1, 0.15) is 44.7 Å². The predicted molar refractivity (Wildman–Crippen MR) is 125 cm³/mol. The monoisotopic (exact) mass is 509 g/mol. The van der Waals surface area contributed by atoms with Crippen molar-refractivity contribution in [3.05, 3.63) is 52.2 Å². The summed E-state index contributed by atoms with van der Waals surface area (Å²) in [5.74, 6) is -0.695. The molecule has 1 aromatic rings. The van der Waals surface area contributed by atoms with Crippen LogP contribution < -0.4 is 4.74 Å². The van der Waals surface area contributed by atoms with Crippen molar-refractivity contribution in [2.75, 3.05) is 20.2 Å². The van der Waals surface area contributed by atoms with Crippen LogP contribution in [0.4, 0.5) is 13.2 Å². The lowest BCUT2D eigenvalue weighted by molar-refractivity contribution is -0.144. The number of likely N-dealkylation sites (tertiary alicyclic amines) is 1. The van der Waals surface area contributed by atoms with Gasteiger partial charge in [-0.1, -0.05) is 23.9 Å². The molecule has 0 N–H and O–H groups in total. The van der Waals surface area contributed by atoms with Gasteiger partial charge in [0.25, 0.3) is 0 Å². The molecule has 0 aromatic heterocycles. The molecule has 1 atom stereocenters. The maximum Gasteiger partial charge on any atom is 0.434 e. The molecule has 4 rings (SSSR count). The van der Waals surface area contributed by atoms with Crippen molar-refractivity contribution >= 4 is 28.8 Å². The lowest BCUT2D eigenvalue weighted by Gasteiger charge is -2.37. The molecule has 1 amide bonds. The molecule has 0 radical (unpaired) electrons. The number of amides is 1. The van der Waals surface area contributed by atoms with Crippen molar-refractivity contribution in [2.24, 2.45) is 4.99 Å². The second kappa shape index (κ2) is 9.96. The molecule has 1 fully saturated rings. The molecule has 3 aliphatic heterocycles. The van der Waals surface area contributed by atoms with Crippen molar-refractivity contribution in [3.8, 4) is 5.75 Å². The van der Waals surface area contributed by atoms with Crippen LogP contribution in [0.3, 0.4) is 0 Å². The number of aliphatic imine (C=N–C) groups is 1. The van der Waals surface area contributed by atoms with E-state index < -0.39 is 35.6 Å². The van der Waals surface area contributed by atoms with Crippen molar-refractivity contribution in [3.63, 3.8) is 0 Å². The van der Waals surface area contributed by atoms with Gasteiger partial charge in [0.05, 0.1) is 31.2 Å². The molecule has 0 spiro atoms. The van der Waals surface area contributed by atoms with E-state index in [-0.39, 0.29) is 17.5 Å². The highest BCUT2D eigenvalue weighted by Gasteiger charge is 2.49. The Morgan fingerprint density at radius 3 is 2.40 bits per heavy atom. The Balaban J connectivity index is 1.81. The quantitative estimate of drug-likeness (QED) is 0.515. The van der Waals surface area contributed by atoms with Gasteiger partial charge < -0.3 is 19.3 Å². The van der Waals surface area contributed by atoms with Crippen LogP contribution in [0, 0.1) is 0 Å². The maximum absolute atomic E-state index is 14.2. The van der Waals surface area contributed by atoms with E-state index in [1.807, 2.05) is 0 Å².